The minimum Gasteiger partial charge on any atom is -0.394 e. The summed E-state index contributed by atoms with van der Waals surface area (Å²) >= 11 is 0. The first-order valence-corrected chi connectivity index (χ1v) is 29.7. The van der Waals surface area contributed by atoms with Crippen molar-refractivity contribution >= 4 is 11.8 Å². The summed E-state index contributed by atoms with van der Waals surface area (Å²) in [5.74, 6) is -1.88. The van der Waals surface area contributed by atoms with Crippen molar-refractivity contribution in [2.24, 2.45) is 0 Å². The molecule has 534 valence electrons. The Balaban J connectivity index is 1.16. The number of aliphatic hydroxyl groups is 21. The van der Waals surface area contributed by atoms with Crippen LogP contribution in [0.1, 0.15) is 34.6 Å². The van der Waals surface area contributed by atoms with Crippen molar-refractivity contribution in [2.75, 3.05) is 33.0 Å². The molecule has 40 atom stereocenters. The van der Waals surface area contributed by atoms with Crippen molar-refractivity contribution in [2.45, 2.75) is 280 Å². The molecule has 2 amide bonds. The van der Waals surface area contributed by atoms with Gasteiger partial charge in [-0.05, 0) is 20.8 Å². The number of aliphatic hydroxyl groups excluding tert-OH is 21. The lowest BCUT2D eigenvalue weighted by Crippen LogP contribution is -2.72. The van der Waals surface area contributed by atoms with E-state index in [1.54, 1.807) is 0 Å². The molecule has 0 spiro atoms. The van der Waals surface area contributed by atoms with Crippen LogP contribution in [0.2, 0.25) is 0 Å². The molecular formula is C52H88N2O38. The fraction of sp³-hybridized carbons (Fsp3) is 0.962. The largest absolute Gasteiger partial charge is 0.394 e. The topological polar surface area (TPSA) is 621 Å². The summed E-state index contributed by atoms with van der Waals surface area (Å²) in [7, 11) is 0. The maximum Gasteiger partial charge on any atom is 0.217 e. The second kappa shape index (κ2) is 32.0. The van der Waals surface area contributed by atoms with Gasteiger partial charge in [0.05, 0.1) is 51.3 Å². The molecular weight excluding hydrogens is 1260 g/mol. The first kappa shape index (κ1) is 75.3. The molecule has 0 unspecified atom stereocenters. The van der Waals surface area contributed by atoms with E-state index in [1.165, 1.54) is 20.8 Å². The first-order chi connectivity index (χ1) is 43.4. The molecule has 0 bridgehead atoms. The lowest BCUT2D eigenvalue weighted by molar-refractivity contribution is -0.403. The van der Waals surface area contributed by atoms with Crippen LogP contribution in [0.5, 0.6) is 0 Å². The molecule has 8 rings (SSSR count). The van der Waals surface area contributed by atoms with Gasteiger partial charge in [-0.1, -0.05) is 0 Å². The molecule has 40 heteroatoms. The van der Waals surface area contributed by atoms with E-state index in [0.717, 1.165) is 13.8 Å². The fourth-order valence-electron chi connectivity index (χ4n) is 12.1. The Morgan fingerprint density at radius 1 is 0.283 bits per heavy atom. The fourth-order valence-corrected chi connectivity index (χ4v) is 12.1. The summed E-state index contributed by atoms with van der Waals surface area (Å²) in [6.07, 6.45) is -74.1. The second-order valence-electron chi connectivity index (χ2n) is 23.8. The van der Waals surface area contributed by atoms with Crippen molar-refractivity contribution < 1.29 is 188 Å². The normalized spacial score (nSPS) is 52.1. The van der Waals surface area contributed by atoms with Crippen LogP contribution in [0.25, 0.3) is 0 Å². The molecule has 0 aliphatic carbocycles. The number of carbonyl (C=O) groups is 2. The van der Waals surface area contributed by atoms with E-state index in [-0.39, 0.29) is 0 Å². The Morgan fingerprint density at radius 2 is 0.576 bits per heavy atom. The van der Waals surface area contributed by atoms with Crippen molar-refractivity contribution in [1.82, 2.24) is 10.6 Å². The maximum absolute atomic E-state index is 13.4. The van der Waals surface area contributed by atoms with E-state index < -0.39 is 290 Å². The molecule has 8 fully saturated rings. The van der Waals surface area contributed by atoms with Gasteiger partial charge in [-0.3, -0.25) is 9.59 Å². The molecule has 92 heavy (non-hydrogen) atoms. The van der Waals surface area contributed by atoms with Crippen molar-refractivity contribution in [3.05, 3.63) is 0 Å². The highest BCUT2D eigenvalue weighted by molar-refractivity contribution is 5.73. The van der Waals surface area contributed by atoms with Crippen LogP contribution in [-0.2, 0) is 80.6 Å². The zero-order valence-corrected chi connectivity index (χ0v) is 50.0. The van der Waals surface area contributed by atoms with Crippen LogP contribution in [0.3, 0.4) is 0 Å². The predicted octanol–water partition coefficient (Wildman–Crippen LogP) is -15.1. The van der Waals surface area contributed by atoms with Gasteiger partial charge >= 0.3 is 0 Å². The Kier molecular flexibility index (Phi) is 26.2. The van der Waals surface area contributed by atoms with Gasteiger partial charge in [0.15, 0.2) is 50.3 Å². The van der Waals surface area contributed by atoms with Gasteiger partial charge in [-0.2, -0.15) is 0 Å². The zero-order valence-electron chi connectivity index (χ0n) is 50.0. The number of hydrogen-bond donors (Lipinski definition) is 23. The molecule has 0 aromatic rings. The second-order valence-corrected chi connectivity index (χ2v) is 23.8. The maximum atomic E-state index is 13.4. The van der Waals surface area contributed by atoms with E-state index in [0.29, 0.717) is 0 Å². The van der Waals surface area contributed by atoms with Gasteiger partial charge in [0, 0.05) is 13.8 Å². The highest BCUT2D eigenvalue weighted by Crippen LogP contribution is 2.40. The minimum atomic E-state index is -2.42. The van der Waals surface area contributed by atoms with Gasteiger partial charge in [0.25, 0.3) is 0 Å². The lowest BCUT2D eigenvalue weighted by Gasteiger charge is -2.52. The van der Waals surface area contributed by atoms with E-state index in [2.05, 4.69) is 10.6 Å². The zero-order chi connectivity index (χ0) is 67.8. The van der Waals surface area contributed by atoms with Crippen LogP contribution < -0.4 is 10.6 Å². The van der Waals surface area contributed by atoms with Crippen LogP contribution in [-0.4, -0.2) is 398 Å². The Bertz CT molecular complexity index is 2330. The average Bonchev–Trinajstić information content (AvgIpc) is 0.766. The summed E-state index contributed by atoms with van der Waals surface area (Å²) in [5, 5.41) is 235. The van der Waals surface area contributed by atoms with Gasteiger partial charge in [0.1, 0.15) is 177 Å². The number of amides is 2. The third-order valence-corrected chi connectivity index (χ3v) is 17.3. The quantitative estimate of drug-likeness (QED) is 0.0507. The summed E-state index contributed by atoms with van der Waals surface area (Å²) in [6.45, 7) is 0.301. The number of ether oxygens (including phenoxy) is 15. The molecule has 40 nitrogen and oxygen atoms in total. The number of hydrogen-bond acceptors (Lipinski definition) is 38. The van der Waals surface area contributed by atoms with Crippen LogP contribution in [0, 0.1) is 0 Å². The average molecular weight is 1350 g/mol. The van der Waals surface area contributed by atoms with Crippen LogP contribution >= 0.6 is 0 Å². The highest BCUT2D eigenvalue weighted by Gasteiger charge is 2.61. The standard InChI is InChI=1S/C52H88N2O38/c1-11-23(62)29(68)33(72)48(78-11)88-40-21(53-14(4)60)46(90-42-27(66)17(7-56)81-45(77)36(42)75)84-19(9-58)38(40)86-51-37(76)43(28(67)18(8-57)82-51)91-47-22(54-15(5)61)41(89-49-34(73)30(69)24(63)12(2)79-49)39(20(10-59)85-47)87-52-44(32(71)26(65)16(6-55)83-52)92-50-35(74)31(70)25(64)13(3)80-50/h11-13,16-52,55-59,62-77H,6-10H2,1-5H3,(H,53,60)(H,54,61)/t11-,12-,13-,16+,17+,18+,19+,20+,21+,22+,23+,24+,25+,26-,27+,28-,29+,30+,31+,32-,33-,34-,35-,36+,37+,38+,39+,40+,41+,42-,43-,44+,45+,46-,47-,48-,49-,50-,51-,52-/m0/s1. The summed E-state index contributed by atoms with van der Waals surface area (Å²) in [5.41, 5.74) is 0. The molecule has 8 aliphatic rings. The first-order valence-electron chi connectivity index (χ1n) is 29.7. The summed E-state index contributed by atoms with van der Waals surface area (Å²) in [6, 6.07) is -3.84. The summed E-state index contributed by atoms with van der Waals surface area (Å²) in [4.78, 5) is 26.5. The van der Waals surface area contributed by atoms with Crippen LogP contribution in [0.4, 0.5) is 0 Å². The molecule has 8 heterocycles. The van der Waals surface area contributed by atoms with E-state index >= 15 is 0 Å². The Hall–Kier alpha value is -2.50. The molecule has 8 saturated heterocycles. The van der Waals surface area contributed by atoms with Gasteiger partial charge in [-0.15, -0.1) is 0 Å². The molecule has 8 aliphatic heterocycles. The number of rotatable bonds is 21. The van der Waals surface area contributed by atoms with E-state index in [4.69, 9.17) is 71.1 Å². The van der Waals surface area contributed by atoms with Crippen LogP contribution in [0.15, 0.2) is 0 Å². The molecule has 0 saturated carbocycles. The third-order valence-electron chi connectivity index (χ3n) is 17.3. The highest BCUT2D eigenvalue weighted by atomic mass is 16.8. The van der Waals surface area contributed by atoms with E-state index in [9.17, 15) is 117 Å². The van der Waals surface area contributed by atoms with Crippen molar-refractivity contribution in [3.8, 4) is 0 Å². The third kappa shape index (κ3) is 15.8. The van der Waals surface area contributed by atoms with E-state index in [1.807, 2.05) is 0 Å². The number of nitrogens with one attached hydrogen (secondary N) is 2. The Morgan fingerprint density at radius 3 is 0.957 bits per heavy atom. The molecule has 23 N–H and O–H groups in total. The van der Waals surface area contributed by atoms with Gasteiger partial charge < -0.3 is 189 Å². The number of carbonyl (C=O) groups excluding carboxylic acids is 2. The molecule has 0 aromatic heterocycles. The SMILES string of the molecule is CC(=O)N[C@H]1[C@H](O[C@@H]2[C@@H](O)[C@H](O)O[C@H](CO)[C@H]2O)O[C@H](CO)[C@@H](O[C@@H]2O[C@H](CO)[C@H](O)[C@H](O[C@@H]3O[C@H](CO)[C@@H](O[C@@H]4O[C@H](CO)[C@H](O)[C@H](O)[C@H]4O[C@@H]4O[C@@H](C)[C@@H](O)[C@@H](O)[C@@H]4O)[C@H](O[C@@H]4O[C@@H](C)[C@@H](O)[C@@H](O)[C@@H]4O)[C@H]3NC(C)=O)[C@H]2O)[C@@H]1O[C@@H]1O[C@@H](C)[C@@H](O)[C@@H](O)[C@@H]1O. The van der Waals surface area contributed by atoms with Gasteiger partial charge in [0.2, 0.25) is 11.8 Å². The smallest absolute Gasteiger partial charge is 0.217 e. The predicted molar refractivity (Wildman–Crippen MR) is 283 cm³/mol. The Labute approximate surface area is 522 Å². The lowest BCUT2D eigenvalue weighted by atomic mass is 9.93. The van der Waals surface area contributed by atoms with Crippen molar-refractivity contribution in [1.29, 1.82) is 0 Å². The van der Waals surface area contributed by atoms with Gasteiger partial charge in [-0.25, -0.2) is 0 Å². The molecule has 0 radical (unpaired) electrons. The van der Waals surface area contributed by atoms with Crippen molar-refractivity contribution in [3.63, 3.8) is 0 Å². The monoisotopic (exact) mass is 1350 g/mol. The molecule has 0 aromatic carbocycles. The minimum absolute atomic E-state index is 0.913. The summed E-state index contributed by atoms with van der Waals surface area (Å²) < 4.78 is 89.5.